The zero-order valence-corrected chi connectivity index (χ0v) is 14.9. The molecule has 0 heterocycles. The molecule has 126 valence electrons. The van der Waals surface area contributed by atoms with Crippen molar-refractivity contribution in [2.45, 2.75) is 51.5 Å². The van der Waals surface area contributed by atoms with Crippen LogP contribution in [0.2, 0.25) is 0 Å². The smallest absolute Gasteiger partial charge is 0.191 e. The Balaban J connectivity index is 2.88. The summed E-state index contributed by atoms with van der Waals surface area (Å²) in [5.41, 5.74) is -0.468. The fourth-order valence-electron chi connectivity index (χ4n) is 2.57. The second-order valence-electron chi connectivity index (χ2n) is 5.76. The highest BCUT2D eigenvalue weighted by Gasteiger charge is 2.32. The quantitative estimate of drug-likeness (QED) is 0.694. The van der Waals surface area contributed by atoms with Gasteiger partial charge >= 0.3 is 0 Å². The molecule has 1 fully saturated rings. The topological polar surface area (TPSA) is 66.4 Å². The first-order valence-electron chi connectivity index (χ1n) is 7.61. The molecule has 0 spiro atoms. The molecule has 4 nitrogen and oxygen atoms in total. The van der Waals surface area contributed by atoms with Gasteiger partial charge in [-0.3, -0.25) is 5.32 Å². The summed E-state index contributed by atoms with van der Waals surface area (Å²) in [6, 6.07) is 0. The lowest BCUT2D eigenvalue weighted by atomic mass is 9.82. The van der Waals surface area contributed by atoms with Gasteiger partial charge in [0.25, 0.3) is 0 Å². The van der Waals surface area contributed by atoms with E-state index in [4.69, 9.17) is 11.6 Å². The molecule has 0 unspecified atom stereocenters. The number of halogens is 1. The van der Waals surface area contributed by atoms with Crippen molar-refractivity contribution >= 4 is 21.4 Å². The van der Waals surface area contributed by atoms with Crippen LogP contribution < -0.4 is 5.32 Å². The van der Waals surface area contributed by atoms with Crippen molar-refractivity contribution in [3.63, 3.8) is 0 Å². The number of rotatable bonds is 7. The first kappa shape index (κ1) is 19.4. The van der Waals surface area contributed by atoms with Crippen LogP contribution in [0.5, 0.6) is 0 Å². The lowest BCUT2D eigenvalue weighted by Crippen LogP contribution is -2.51. The number of allylic oxidation sites excluding steroid dienone is 5. The van der Waals surface area contributed by atoms with E-state index in [-0.39, 0.29) is 17.4 Å². The molecule has 0 atom stereocenters. The summed E-state index contributed by atoms with van der Waals surface area (Å²) in [4.78, 5) is 0.214. The predicted octanol–water partition coefficient (Wildman–Crippen LogP) is 3.25. The van der Waals surface area contributed by atoms with Crippen LogP contribution in [-0.4, -0.2) is 31.5 Å². The molecule has 2 N–H and O–H groups in total. The number of aliphatic hydroxyl groups is 1. The number of hydrogen-bond donors (Lipinski definition) is 2. The highest BCUT2D eigenvalue weighted by molar-refractivity contribution is 7.95. The molecule has 0 radical (unpaired) electrons. The average Bonchev–Trinajstić information content (AvgIpc) is 2.50. The summed E-state index contributed by atoms with van der Waals surface area (Å²) in [5, 5.41) is 13.2. The fraction of sp³-hybridized carbons (Fsp3) is 0.625. The number of sulfone groups is 1. The summed E-state index contributed by atoms with van der Waals surface area (Å²) >= 11 is 5.76. The van der Waals surface area contributed by atoms with E-state index in [1.807, 2.05) is 0 Å². The highest BCUT2D eigenvalue weighted by Crippen LogP contribution is 2.28. The molecular weight excluding hydrogens is 322 g/mol. The van der Waals surface area contributed by atoms with Crippen molar-refractivity contribution in [3.05, 3.63) is 34.2 Å². The third kappa shape index (κ3) is 5.88. The van der Waals surface area contributed by atoms with Crippen LogP contribution in [0, 0.1) is 0 Å². The molecule has 0 aliphatic heterocycles. The molecule has 0 bridgehead atoms. The lowest BCUT2D eigenvalue weighted by Gasteiger charge is -2.36. The molecule has 0 aromatic heterocycles. The summed E-state index contributed by atoms with van der Waals surface area (Å²) in [6.07, 6.45) is 11.1. The normalized spacial score (nSPS) is 20.5. The Morgan fingerprint density at radius 1 is 1.27 bits per heavy atom. The van der Waals surface area contributed by atoms with E-state index in [1.165, 1.54) is 6.08 Å². The first-order valence-corrected chi connectivity index (χ1v) is 9.64. The van der Waals surface area contributed by atoms with E-state index in [9.17, 15) is 13.5 Å². The van der Waals surface area contributed by atoms with Crippen molar-refractivity contribution in [2.24, 2.45) is 0 Å². The van der Waals surface area contributed by atoms with Gasteiger partial charge < -0.3 is 5.11 Å². The third-order valence-electron chi connectivity index (χ3n) is 3.92. The largest absolute Gasteiger partial charge is 0.394 e. The van der Waals surface area contributed by atoms with Gasteiger partial charge in [0, 0.05) is 10.6 Å². The molecule has 1 rings (SSSR count). The van der Waals surface area contributed by atoms with Gasteiger partial charge in [-0.15, -0.1) is 0 Å². The second-order valence-corrected chi connectivity index (χ2v) is 8.34. The van der Waals surface area contributed by atoms with E-state index >= 15 is 0 Å². The molecule has 0 saturated heterocycles. The Bertz CT molecular complexity index is 540. The van der Waals surface area contributed by atoms with Crippen molar-refractivity contribution in [1.82, 2.24) is 5.32 Å². The first-order chi connectivity index (χ1) is 10.4. The second kappa shape index (κ2) is 8.87. The minimum absolute atomic E-state index is 0.0358. The SMILES string of the molecule is C\C=C/C(=C\C=C(/C)Cl)S(=O)(=O)CNC1(CO)CCCCC1. The van der Waals surface area contributed by atoms with E-state index in [1.54, 1.807) is 32.1 Å². The van der Waals surface area contributed by atoms with E-state index in [0.29, 0.717) is 5.03 Å². The molecule has 1 aliphatic carbocycles. The number of nitrogens with one attached hydrogen (secondary N) is 1. The molecule has 6 heteroatoms. The van der Waals surface area contributed by atoms with Crippen molar-refractivity contribution in [1.29, 1.82) is 0 Å². The molecule has 0 aromatic carbocycles. The molecular formula is C16H26ClNO3S. The number of hydrogen-bond acceptors (Lipinski definition) is 4. The van der Waals surface area contributed by atoms with Gasteiger partial charge in [0.1, 0.15) is 5.88 Å². The Hall–Kier alpha value is -0.620. The van der Waals surface area contributed by atoms with Gasteiger partial charge in [0.15, 0.2) is 9.84 Å². The zero-order chi connectivity index (χ0) is 16.6. The maximum absolute atomic E-state index is 12.5. The summed E-state index contributed by atoms with van der Waals surface area (Å²) in [5.74, 6) is -0.182. The van der Waals surface area contributed by atoms with E-state index in [2.05, 4.69) is 5.32 Å². The average molecular weight is 348 g/mol. The number of aliphatic hydroxyl groups excluding tert-OH is 1. The summed E-state index contributed by atoms with van der Waals surface area (Å²) < 4.78 is 25.0. The molecule has 1 saturated carbocycles. The van der Waals surface area contributed by atoms with Gasteiger partial charge in [-0.1, -0.05) is 36.9 Å². The fourth-order valence-corrected chi connectivity index (χ4v) is 3.92. The Labute approximate surface area is 138 Å². The lowest BCUT2D eigenvalue weighted by molar-refractivity contribution is 0.126. The summed E-state index contributed by atoms with van der Waals surface area (Å²) in [6.45, 7) is 3.43. The van der Waals surface area contributed by atoms with Gasteiger partial charge in [-0.05, 0) is 44.9 Å². The van der Waals surface area contributed by atoms with Gasteiger partial charge in [-0.2, -0.15) is 0 Å². The van der Waals surface area contributed by atoms with Crippen molar-refractivity contribution < 1.29 is 13.5 Å². The highest BCUT2D eigenvalue weighted by atomic mass is 35.5. The summed E-state index contributed by atoms with van der Waals surface area (Å²) in [7, 11) is -3.48. The van der Waals surface area contributed by atoms with Crippen LogP contribution in [0.4, 0.5) is 0 Å². The van der Waals surface area contributed by atoms with Crippen LogP contribution in [0.25, 0.3) is 0 Å². The Morgan fingerprint density at radius 2 is 1.91 bits per heavy atom. The molecule has 22 heavy (non-hydrogen) atoms. The standard InChI is InChI=1S/C16H26ClNO3S/c1-3-7-15(9-8-14(2)17)22(20,21)13-18-16(12-19)10-5-4-6-11-16/h3,7-9,18-19H,4-6,10-13H2,1-2H3/b7-3-,14-8+,15-9+. The van der Waals surface area contributed by atoms with E-state index in [0.717, 1.165) is 32.1 Å². The van der Waals surface area contributed by atoms with Gasteiger partial charge in [0.05, 0.1) is 11.5 Å². The predicted molar refractivity (Wildman–Crippen MR) is 92.3 cm³/mol. The maximum Gasteiger partial charge on any atom is 0.191 e. The van der Waals surface area contributed by atoms with Crippen LogP contribution in [0.1, 0.15) is 46.0 Å². The monoisotopic (exact) mass is 347 g/mol. The van der Waals surface area contributed by atoms with Crippen LogP contribution in [0.15, 0.2) is 34.2 Å². The minimum Gasteiger partial charge on any atom is -0.394 e. The van der Waals surface area contributed by atoms with Crippen LogP contribution in [-0.2, 0) is 9.84 Å². The minimum atomic E-state index is -3.48. The molecule has 1 aliphatic rings. The van der Waals surface area contributed by atoms with Gasteiger partial charge in [-0.25, -0.2) is 8.42 Å². The van der Waals surface area contributed by atoms with Crippen molar-refractivity contribution in [3.8, 4) is 0 Å². The van der Waals surface area contributed by atoms with Crippen LogP contribution in [0.3, 0.4) is 0 Å². The molecule has 0 amide bonds. The Morgan fingerprint density at radius 3 is 2.41 bits per heavy atom. The van der Waals surface area contributed by atoms with Crippen molar-refractivity contribution in [2.75, 3.05) is 12.5 Å². The maximum atomic E-state index is 12.5. The van der Waals surface area contributed by atoms with Crippen LogP contribution >= 0.6 is 11.6 Å². The zero-order valence-electron chi connectivity index (χ0n) is 13.3. The molecule has 0 aromatic rings. The van der Waals surface area contributed by atoms with Gasteiger partial charge in [0.2, 0.25) is 0 Å². The Kier molecular flexibility index (Phi) is 7.83. The third-order valence-corrected chi connectivity index (χ3v) is 5.56. The van der Waals surface area contributed by atoms with E-state index < -0.39 is 15.4 Å².